The van der Waals surface area contributed by atoms with E-state index in [9.17, 15) is 15.0 Å². The number of hydrogen-bond acceptors (Lipinski definition) is 3. The van der Waals surface area contributed by atoms with E-state index in [1.807, 2.05) is 26.8 Å². The van der Waals surface area contributed by atoms with Crippen LogP contribution in [0.5, 0.6) is 0 Å². The summed E-state index contributed by atoms with van der Waals surface area (Å²) in [4.78, 5) is 16.0. The number of H-pyrrole nitrogens is 1. The molecule has 2 saturated carbocycles. The Morgan fingerprint density at radius 3 is 2.64 bits per heavy atom. The summed E-state index contributed by atoms with van der Waals surface area (Å²) in [5, 5.41) is 23.9. The SMILES string of the molecule is C=C/C=c1/[nH]c2c(/c1=C/C)C1C3CCC1C1(O)OCC2(C(=O)O)C1CC3.CC. The van der Waals surface area contributed by atoms with Crippen LogP contribution in [0.2, 0.25) is 0 Å². The van der Waals surface area contributed by atoms with Crippen molar-refractivity contribution >= 4 is 18.1 Å². The van der Waals surface area contributed by atoms with Crippen LogP contribution in [-0.4, -0.2) is 33.6 Å². The monoisotopic (exact) mass is 385 g/mol. The summed E-state index contributed by atoms with van der Waals surface area (Å²) < 4.78 is 5.97. The average molecular weight is 386 g/mol. The van der Waals surface area contributed by atoms with Gasteiger partial charge >= 0.3 is 5.97 Å². The molecule has 6 unspecified atom stereocenters. The normalized spacial score (nSPS) is 41.1. The van der Waals surface area contributed by atoms with E-state index in [2.05, 4.69) is 17.6 Å². The summed E-state index contributed by atoms with van der Waals surface area (Å²) in [7, 11) is 0. The highest BCUT2D eigenvalue weighted by molar-refractivity contribution is 5.83. The van der Waals surface area contributed by atoms with Crippen molar-refractivity contribution < 1.29 is 19.7 Å². The van der Waals surface area contributed by atoms with Crippen LogP contribution in [0.1, 0.15) is 63.6 Å². The van der Waals surface area contributed by atoms with E-state index in [4.69, 9.17) is 4.74 Å². The Morgan fingerprint density at radius 1 is 1.29 bits per heavy atom. The molecule has 5 rings (SSSR count). The lowest BCUT2D eigenvalue weighted by Crippen LogP contribution is -2.50. The number of carboxylic acids is 1. The van der Waals surface area contributed by atoms with Gasteiger partial charge in [0.2, 0.25) is 0 Å². The van der Waals surface area contributed by atoms with E-state index < -0.39 is 23.1 Å². The molecule has 3 aliphatic carbocycles. The van der Waals surface area contributed by atoms with Gasteiger partial charge in [0.1, 0.15) is 5.41 Å². The third kappa shape index (κ3) is 2.12. The number of aliphatic carboxylic acids is 1. The Bertz CT molecular complexity index is 931. The van der Waals surface area contributed by atoms with Crippen LogP contribution in [0, 0.1) is 17.8 Å². The molecule has 3 fully saturated rings. The van der Waals surface area contributed by atoms with Crippen LogP contribution in [-0.2, 0) is 14.9 Å². The summed E-state index contributed by atoms with van der Waals surface area (Å²) in [6, 6.07) is 0. The summed E-state index contributed by atoms with van der Waals surface area (Å²) in [6.45, 7) is 9.83. The molecule has 1 saturated heterocycles. The zero-order chi connectivity index (χ0) is 20.3. The summed E-state index contributed by atoms with van der Waals surface area (Å²) in [5.41, 5.74) is 0.662. The molecule has 1 aliphatic heterocycles. The molecular weight excluding hydrogens is 354 g/mol. The number of hydrogen-bond donors (Lipinski definition) is 3. The van der Waals surface area contributed by atoms with Gasteiger partial charge in [-0.05, 0) is 61.3 Å². The topological polar surface area (TPSA) is 82.5 Å². The first-order chi connectivity index (χ1) is 13.5. The highest BCUT2D eigenvalue weighted by Crippen LogP contribution is 2.65. The third-order valence-electron chi connectivity index (χ3n) is 7.62. The Hall–Kier alpha value is -1.85. The second-order valence-electron chi connectivity index (χ2n) is 8.35. The van der Waals surface area contributed by atoms with E-state index in [1.54, 1.807) is 6.08 Å². The quantitative estimate of drug-likeness (QED) is 0.730. The van der Waals surface area contributed by atoms with Crippen molar-refractivity contribution in [3.05, 3.63) is 34.5 Å². The standard InChI is InChI=1S/C21H25NO4.C2H6/c1-3-5-14-12(4-2)17-16-11-6-8-13(16)21(25)15(9-7-11)20(10-26-21,19(23)24)18(17)22-14;1-2/h3-5,11,13,15-16,22,25H,1,6-10H2,2H3,(H,23,24);1-2H3/b12-4+,14-5+;. The van der Waals surface area contributed by atoms with Gasteiger partial charge in [-0.1, -0.05) is 32.6 Å². The van der Waals surface area contributed by atoms with E-state index in [0.717, 1.165) is 41.1 Å². The number of carboxylic acid groups (broad SMARTS) is 1. The van der Waals surface area contributed by atoms with Gasteiger partial charge in [-0.15, -0.1) is 0 Å². The second kappa shape index (κ2) is 6.60. The smallest absolute Gasteiger partial charge is 0.318 e. The average Bonchev–Trinajstić information content (AvgIpc) is 3.29. The Morgan fingerprint density at radius 2 is 2.00 bits per heavy atom. The molecule has 1 aromatic heterocycles. The van der Waals surface area contributed by atoms with Gasteiger partial charge in [0, 0.05) is 22.9 Å². The van der Waals surface area contributed by atoms with Gasteiger partial charge in [0.25, 0.3) is 0 Å². The van der Waals surface area contributed by atoms with Crippen molar-refractivity contribution in [2.75, 3.05) is 6.61 Å². The maximum Gasteiger partial charge on any atom is 0.318 e. The lowest BCUT2D eigenvalue weighted by Gasteiger charge is -2.36. The van der Waals surface area contributed by atoms with Crippen LogP contribution in [0.3, 0.4) is 0 Å². The van der Waals surface area contributed by atoms with E-state index >= 15 is 0 Å². The fraction of sp³-hybridized carbons (Fsp3) is 0.609. The number of ether oxygens (including phenoxy) is 1. The minimum atomic E-state index is -1.33. The molecule has 5 heteroatoms. The highest BCUT2D eigenvalue weighted by Gasteiger charge is 2.72. The summed E-state index contributed by atoms with van der Waals surface area (Å²) >= 11 is 0. The van der Waals surface area contributed by atoms with Crippen molar-refractivity contribution in [3.8, 4) is 0 Å². The fourth-order valence-electron chi connectivity index (χ4n) is 6.66. The highest BCUT2D eigenvalue weighted by atomic mass is 16.6. The number of allylic oxidation sites excluding steroid dienone is 1. The Balaban J connectivity index is 0.000000932. The molecule has 28 heavy (non-hydrogen) atoms. The zero-order valence-electron chi connectivity index (χ0n) is 17.0. The molecule has 0 amide bonds. The van der Waals surface area contributed by atoms with Crippen molar-refractivity contribution in [2.24, 2.45) is 17.8 Å². The van der Waals surface area contributed by atoms with Gasteiger partial charge in [0.15, 0.2) is 5.79 Å². The molecule has 4 aliphatic rings. The van der Waals surface area contributed by atoms with Crippen molar-refractivity contribution in [1.82, 2.24) is 4.98 Å². The number of aromatic nitrogens is 1. The number of aromatic amines is 1. The van der Waals surface area contributed by atoms with Crippen LogP contribution in [0.15, 0.2) is 12.7 Å². The van der Waals surface area contributed by atoms with Gasteiger partial charge in [-0.3, -0.25) is 4.79 Å². The lowest BCUT2D eigenvalue weighted by molar-refractivity contribution is -0.231. The fourth-order valence-corrected chi connectivity index (χ4v) is 6.66. The van der Waals surface area contributed by atoms with Gasteiger partial charge < -0.3 is 19.9 Å². The molecule has 6 atom stereocenters. The van der Waals surface area contributed by atoms with Crippen LogP contribution >= 0.6 is 0 Å². The summed E-state index contributed by atoms with van der Waals surface area (Å²) in [5.74, 6) is -2.04. The number of rotatable bonds is 2. The zero-order valence-corrected chi connectivity index (χ0v) is 17.0. The molecular formula is C23H31NO4. The van der Waals surface area contributed by atoms with Crippen molar-refractivity contribution in [1.29, 1.82) is 0 Å². The first kappa shape index (κ1) is 19.5. The second-order valence-corrected chi connectivity index (χ2v) is 8.35. The minimum Gasteiger partial charge on any atom is -0.480 e. The van der Waals surface area contributed by atoms with Crippen molar-refractivity contribution in [3.63, 3.8) is 0 Å². The largest absolute Gasteiger partial charge is 0.480 e. The first-order valence-corrected chi connectivity index (χ1v) is 10.6. The van der Waals surface area contributed by atoms with Gasteiger partial charge in [0.05, 0.1) is 6.61 Å². The molecule has 3 N–H and O–H groups in total. The van der Waals surface area contributed by atoms with Crippen LogP contribution in [0.4, 0.5) is 0 Å². The number of nitrogens with one attached hydrogen (secondary N) is 1. The van der Waals surface area contributed by atoms with E-state index in [0.29, 0.717) is 12.3 Å². The molecule has 5 nitrogen and oxygen atoms in total. The molecule has 6 bridgehead atoms. The number of carbonyl (C=O) groups is 1. The molecule has 1 aromatic rings. The number of aliphatic hydroxyl groups is 1. The van der Waals surface area contributed by atoms with Gasteiger partial charge in [-0.25, -0.2) is 0 Å². The number of fused-ring (bicyclic) bond motifs is 2. The van der Waals surface area contributed by atoms with Crippen molar-refractivity contribution in [2.45, 2.75) is 63.6 Å². The van der Waals surface area contributed by atoms with Crippen LogP contribution in [0.25, 0.3) is 12.2 Å². The maximum atomic E-state index is 12.6. The first-order valence-electron chi connectivity index (χ1n) is 10.6. The summed E-state index contributed by atoms with van der Waals surface area (Å²) in [6.07, 6.45) is 9.33. The molecule has 0 spiro atoms. The van der Waals surface area contributed by atoms with E-state index in [1.165, 1.54) is 0 Å². The molecule has 0 aromatic carbocycles. The lowest BCUT2D eigenvalue weighted by atomic mass is 9.67. The molecule has 0 radical (unpaired) electrons. The molecule has 152 valence electrons. The third-order valence-corrected chi connectivity index (χ3v) is 7.62. The predicted octanol–water partition coefficient (Wildman–Crippen LogP) is 2.38. The van der Waals surface area contributed by atoms with E-state index in [-0.39, 0.29) is 18.4 Å². The predicted molar refractivity (Wildman–Crippen MR) is 108 cm³/mol. The van der Waals surface area contributed by atoms with Gasteiger partial charge in [-0.2, -0.15) is 0 Å². The molecule has 2 heterocycles. The minimum absolute atomic E-state index is 0.0293. The maximum absolute atomic E-state index is 12.6. The Kier molecular flexibility index (Phi) is 4.59. The Labute approximate surface area is 165 Å². The van der Waals surface area contributed by atoms with Crippen LogP contribution < -0.4 is 10.6 Å².